The Kier molecular flexibility index (Phi) is 2.74. The molecule has 0 aliphatic heterocycles. The van der Waals surface area contributed by atoms with Crippen molar-refractivity contribution in [3.63, 3.8) is 0 Å². The molecule has 72 valence electrons. The lowest BCUT2D eigenvalue weighted by atomic mass is 10.2. The van der Waals surface area contributed by atoms with E-state index in [1.54, 1.807) is 6.92 Å². The van der Waals surface area contributed by atoms with Crippen LogP contribution in [0.15, 0.2) is 15.6 Å². The van der Waals surface area contributed by atoms with Gasteiger partial charge in [-0.2, -0.15) is 8.42 Å². The predicted molar refractivity (Wildman–Crippen MR) is 51.2 cm³/mol. The van der Waals surface area contributed by atoms with Gasteiger partial charge in [-0.25, -0.2) is 0 Å². The smallest absolute Gasteiger partial charge is 0.282 e. The first-order valence-electron chi connectivity index (χ1n) is 3.43. The number of halogens is 1. The number of aromatic nitrogens is 1. The molecule has 0 fully saturated rings. The maximum Gasteiger partial charge on any atom is 0.296 e. The largest absolute Gasteiger partial charge is 0.296 e. The van der Waals surface area contributed by atoms with Crippen LogP contribution >= 0.6 is 15.9 Å². The summed E-state index contributed by atoms with van der Waals surface area (Å²) in [5.41, 5.74) is 0.762. The van der Waals surface area contributed by atoms with Crippen molar-refractivity contribution >= 4 is 26.0 Å². The van der Waals surface area contributed by atoms with Gasteiger partial charge in [-0.1, -0.05) is 0 Å². The van der Waals surface area contributed by atoms with E-state index in [0.717, 1.165) is 0 Å². The Bertz CT molecular complexity index is 441. The van der Waals surface area contributed by atoms with Gasteiger partial charge in [-0.3, -0.25) is 9.54 Å². The fourth-order valence-corrected chi connectivity index (χ4v) is 2.42. The van der Waals surface area contributed by atoms with Crippen molar-refractivity contribution < 1.29 is 13.0 Å². The Hall–Kier alpha value is -0.460. The Morgan fingerprint density at radius 3 is 2.38 bits per heavy atom. The highest BCUT2D eigenvalue weighted by atomic mass is 79.9. The fourth-order valence-electron chi connectivity index (χ4n) is 1.07. The lowest BCUT2D eigenvalue weighted by Crippen LogP contribution is -2.05. The van der Waals surface area contributed by atoms with Crippen LogP contribution in [-0.4, -0.2) is 18.0 Å². The van der Waals surface area contributed by atoms with E-state index in [1.807, 2.05) is 0 Å². The van der Waals surface area contributed by atoms with Gasteiger partial charge in [-0.05, 0) is 35.3 Å². The molecule has 13 heavy (non-hydrogen) atoms. The molecule has 0 spiro atoms. The first-order valence-corrected chi connectivity index (χ1v) is 5.66. The molecule has 0 saturated carbocycles. The Morgan fingerprint density at radius 2 is 2.00 bits per heavy atom. The van der Waals surface area contributed by atoms with E-state index in [-0.39, 0.29) is 4.90 Å². The quantitative estimate of drug-likeness (QED) is 0.786. The van der Waals surface area contributed by atoms with E-state index < -0.39 is 10.1 Å². The lowest BCUT2D eigenvalue weighted by molar-refractivity contribution is 0.481. The third-order valence-electron chi connectivity index (χ3n) is 1.66. The first-order chi connectivity index (χ1) is 5.84. The zero-order valence-corrected chi connectivity index (χ0v) is 9.48. The van der Waals surface area contributed by atoms with Gasteiger partial charge in [-0.15, -0.1) is 0 Å². The van der Waals surface area contributed by atoms with Gasteiger partial charge in [0.25, 0.3) is 10.1 Å². The maximum atomic E-state index is 10.9. The van der Waals surface area contributed by atoms with Crippen LogP contribution in [0, 0.1) is 13.8 Å². The minimum atomic E-state index is -4.18. The van der Waals surface area contributed by atoms with Crippen molar-refractivity contribution in [2.75, 3.05) is 0 Å². The van der Waals surface area contributed by atoms with Crippen LogP contribution in [-0.2, 0) is 10.1 Å². The Labute approximate surface area is 84.9 Å². The lowest BCUT2D eigenvalue weighted by Gasteiger charge is -2.06. The molecule has 0 amide bonds. The van der Waals surface area contributed by atoms with Crippen LogP contribution in [0.1, 0.15) is 11.3 Å². The zero-order chi connectivity index (χ0) is 10.2. The third kappa shape index (κ3) is 2.07. The van der Waals surface area contributed by atoms with E-state index in [9.17, 15) is 8.42 Å². The van der Waals surface area contributed by atoms with Gasteiger partial charge >= 0.3 is 0 Å². The highest BCUT2D eigenvalue weighted by Crippen LogP contribution is 2.24. The molecular formula is C7H8BrNO3S. The summed E-state index contributed by atoms with van der Waals surface area (Å²) in [6, 6.07) is 0. The second kappa shape index (κ2) is 3.36. The fraction of sp³-hybridized carbons (Fsp3) is 0.286. The molecule has 0 unspecified atom stereocenters. The molecule has 4 nitrogen and oxygen atoms in total. The molecule has 1 rings (SSSR count). The van der Waals surface area contributed by atoms with E-state index in [4.69, 9.17) is 4.55 Å². The van der Waals surface area contributed by atoms with Gasteiger partial charge < -0.3 is 0 Å². The van der Waals surface area contributed by atoms with Crippen LogP contribution in [0.25, 0.3) is 0 Å². The molecule has 0 radical (unpaired) electrons. The highest BCUT2D eigenvalue weighted by Gasteiger charge is 2.18. The monoisotopic (exact) mass is 265 g/mol. The predicted octanol–water partition coefficient (Wildman–Crippen LogP) is 1.71. The number of aryl methyl sites for hydroxylation is 1. The number of pyridine rings is 1. The van der Waals surface area contributed by atoms with Crippen LogP contribution in [0.4, 0.5) is 0 Å². The van der Waals surface area contributed by atoms with E-state index in [2.05, 4.69) is 20.9 Å². The summed E-state index contributed by atoms with van der Waals surface area (Å²) in [4.78, 5) is 3.70. The molecule has 1 heterocycles. The molecule has 0 atom stereocenters. The second-order valence-electron chi connectivity index (χ2n) is 2.62. The number of rotatable bonds is 1. The normalized spacial score (nSPS) is 11.7. The van der Waals surface area contributed by atoms with Crippen LogP contribution < -0.4 is 0 Å². The minimum Gasteiger partial charge on any atom is -0.282 e. The first kappa shape index (κ1) is 10.6. The van der Waals surface area contributed by atoms with Crippen LogP contribution in [0.5, 0.6) is 0 Å². The van der Waals surface area contributed by atoms with Crippen molar-refractivity contribution in [3.8, 4) is 0 Å². The average molecular weight is 266 g/mol. The van der Waals surface area contributed by atoms with Gasteiger partial charge in [0.1, 0.15) is 4.90 Å². The molecular weight excluding hydrogens is 258 g/mol. The van der Waals surface area contributed by atoms with Gasteiger partial charge in [0.2, 0.25) is 0 Å². The van der Waals surface area contributed by atoms with Crippen molar-refractivity contribution in [1.29, 1.82) is 0 Å². The summed E-state index contributed by atoms with van der Waals surface area (Å²) in [6.07, 6.45) is 1.50. The molecule has 0 aliphatic rings. The zero-order valence-electron chi connectivity index (χ0n) is 7.07. The summed E-state index contributed by atoms with van der Waals surface area (Å²) in [6.45, 7) is 3.13. The van der Waals surface area contributed by atoms with Gasteiger partial charge in [0.05, 0.1) is 5.69 Å². The van der Waals surface area contributed by atoms with Crippen LogP contribution in [0.2, 0.25) is 0 Å². The summed E-state index contributed by atoms with van der Waals surface area (Å²) in [5, 5.41) is 0. The Balaban J connectivity index is 3.62. The van der Waals surface area contributed by atoms with Crippen molar-refractivity contribution in [2.45, 2.75) is 18.7 Å². The van der Waals surface area contributed by atoms with Crippen LogP contribution in [0.3, 0.4) is 0 Å². The highest BCUT2D eigenvalue weighted by molar-refractivity contribution is 9.10. The topological polar surface area (TPSA) is 67.3 Å². The summed E-state index contributed by atoms with van der Waals surface area (Å²) >= 11 is 3.13. The van der Waals surface area contributed by atoms with E-state index in [1.165, 1.54) is 13.1 Å². The van der Waals surface area contributed by atoms with Gasteiger partial charge in [0, 0.05) is 10.7 Å². The minimum absolute atomic E-state index is 0.123. The standard InChI is InChI=1S/C7H8BrNO3S/c1-4-6(8)3-9-5(2)7(4)13(10,11)12/h3H,1-2H3,(H,10,11,12). The molecule has 0 aliphatic carbocycles. The maximum absolute atomic E-state index is 10.9. The van der Waals surface area contributed by atoms with Gasteiger partial charge in [0.15, 0.2) is 0 Å². The molecule has 0 saturated heterocycles. The molecule has 1 aromatic rings. The number of hydrogen-bond acceptors (Lipinski definition) is 3. The van der Waals surface area contributed by atoms with Crippen molar-refractivity contribution in [1.82, 2.24) is 4.98 Å². The SMILES string of the molecule is Cc1ncc(Br)c(C)c1S(=O)(=O)O. The summed E-state index contributed by atoms with van der Waals surface area (Å²) in [7, 11) is -4.18. The Morgan fingerprint density at radius 1 is 1.46 bits per heavy atom. The number of nitrogens with zero attached hydrogens (tertiary/aromatic N) is 1. The molecule has 6 heteroatoms. The summed E-state index contributed by atoms with van der Waals surface area (Å²) in [5.74, 6) is 0. The van der Waals surface area contributed by atoms with Crippen molar-refractivity contribution in [3.05, 3.63) is 21.9 Å². The average Bonchev–Trinajstić information content (AvgIpc) is 1.95. The molecule has 1 aromatic heterocycles. The third-order valence-corrected chi connectivity index (χ3v) is 3.57. The van der Waals surface area contributed by atoms with Crippen molar-refractivity contribution in [2.24, 2.45) is 0 Å². The summed E-state index contributed by atoms with van der Waals surface area (Å²) < 4.78 is 31.3. The second-order valence-corrected chi connectivity index (χ2v) is 4.83. The molecule has 1 N–H and O–H groups in total. The molecule has 0 bridgehead atoms. The molecule has 0 aromatic carbocycles. The van der Waals surface area contributed by atoms with E-state index >= 15 is 0 Å². The number of hydrogen-bond donors (Lipinski definition) is 1. The van der Waals surface area contributed by atoms with E-state index in [0.29, 0.717) is 15.7 Å².